The van der Waals surface area contributed by atoms with Gasteiger partial charge in [-0.3, -0.25) is 0 Å². The molecule has 3 unspecified atom stereocenters. The van der Waals surface area contributed by atoms with E-state index in [0.717, 1.165) is 29.0 Å². The Morgan fingerprint density at radius 2 is 1.75 bits per heavy atom. The van der Waals surface area contributed by atoms with Crippen LogP contribution in [0, 0.1) is 5.92 Å². The first-order chi connectivity index (χ1) is 13.8. The average Bonchev–Trinajstić information content (AvgIpc) is 3.23. The highest BCUT2D eigenvalue weighted by molar-refractivity contribution is 5.62. The van der Waals surface area contributed by atoms with Crippen LogP contribution in [0.2, 0.25) is 0 Å². The van der Waals surface area contributed by atoms with Crippen molar-refractivity contribution in [2.45, 2.75) is 25.0 Å². The van der Waals surface area contributed by atoms with Gasteiger partial charge >= 0.3 is 0 Å². The van der Waals surface area contributed by atoms with E-state index in [1.807, 2.05) is 42.5 Å². The Labute approximate surface area is 165 Å². The molecule has 0 saturated carbocycles. The summed E-state index contributed by atoms with van der Waals surface area (Å²) in [5, 5.41) is 14.0. The molecule has 2 N–H and O–H groups in total. The van der Waals surface area contributed by atoms with Crippen molar-refractivity contribution in [1.29, 1.82) is 0 Å². The zero-order chi connectivity index (χ0) is 18.9. The maximum atomic E-state index is 10.4. The van der Waals surface area contributed by atoms with Crippen LogP contribution in [0.5, 0.6) is 11.5 Å². The predicted octanol–water partition coefficient (Wildman–Crippen LogP) is 5.80. The number of ether oxygens (including phenoxy) is 1. The largest absolute Gasteiger partial charge is 0.508 e. The maximum Gasteiger partial charge on any atom is 0.120 e. The van der Waals surface area contributed by atoms with E-state index in [1.54, 1.807) is 6.07 Å². The van der Waals surface area contributed by atoms with Crippen molar-refractivity contribution < 1.29 is 9.84 Å². The number of nitrogens with one attached hydrogen (secondary N) is 1. The van der Waals surface area contributed by atoms with Crippen LogP contribution in [0.4, 0.5) is 5.69 Å². The van der Waals surface area contributed by atoms with Crippen molar-refractivity contribution in [1.82, 2.24) is 0 Å². The van der Waals surface area contributed by atoms with Crippen molar-refractivity contribution in [3.63, 3.8) is 0 Å². The summed E-state index contributed by atoms with van der Waals surface area (Å²) in [4.78, 5) is 0. The first kappa shape index (κ1) is 16.9. The third-order valence-electron chi connectivity index (χ3n) is 5.85. The molecule has 0 saturated heterocycles. The molecule has 1 aliphatic heterocycles. The summed E-state index contributed by atoms with van der Waals surface area (Å²) in [6.07, 6.45) is 5.57. The van der Waals surface area contributed by atoms with Gasteiger partial charge in [0.25, 0.3) is 0 Å². The first-order valence-electron chi connectivity index (χ1n) is 9.81. The number of hydrogen-bond acceptors (Lipinski definition) is 3. The van der Waals surface area contributed by atoms with E-state index in [9.17, 15) is 5.11 Å². The molecular formula is C25H23NO2. The van der Waals surface area contributed by atoms with Crippen LogP contribution < -0.4 is 10.1 Å². The lowest BCUT2D eigenvalue weighted by Gasteiger charge is -2.37. The van der Waals surface area contributed by atoms with Crippen molar-refractivity contribution in [2.24, 2.45) is 5.92 Å². The van der Waals surface area contributed by atoms with Gasteiger partial charge in [0, 0.05) is 17.2 Å². The van der Waals surface area contributed by atoms with Crippen molar-refractivity contribution in [2.75, 3.05) is 5.32 Å². The van der Waals surface area contributed by atoms with Crippen molar-refractivity contribution in [3.05, 3.63) is 102 Å². The molecule has 1 aliphatic carbocycles. The van der Waals surface area contributed by atoms with Gasteiger partial charge in [-0.1, -0.05) is 60.7 Å². The minimum absolute atomic E-state index is 0.102. The second-order valence-electron chi connectivity index (χ2n) is 7.56. The molecule has 2 aliphatic rings. The highest BCUT2D eigenvalue weighted by Crippen LogP contribution is 2.51. The number of phenols is 1. The molecule has 3 nitrogen and oxygen atoms in total. The Kier molecular flexibility index (Phi) is 4.28. The van der Waals surface area contributed by atoms with Gasteiger partial charge in [0.05, 0.1) is 6.04 Å². The Morgan fingerprint density at radius 3 is 2.61 bits per heavy atom. The minimum atomic E-state index is 0.102. The number of aromatic hydroxyl groups is 1. The molecule has 0 aromatic heterocycles. The fourth-order valence-electron chi connectivity index (χ4n) is 4.46. The number of fused-ring (bicyclic) bond motifs is 3. The van der Waals surface area contributed by atoms with E-state index in [4.69, 9.17) is 4.74 Å². The molecule has 3 aromatic rings. The summed E-state index contributed by atoms with van der Waals surface area (Å²) in [6.45, 7) is 0.567. The molecule has 0 radical (unpaired) electrons. The van der Waals surface area contributed by atoms with E-state index in [1.165, 1.54) is 5.56 Å². The SMILES string of the molecule is Oc1ccccc1C1Nc2ccc(OCc3ccccc3)cc2C2C=CCC21. The highest BCUT2D eigenvalue weighted by Gasteiger charge is 2.38. The van der Waals surface area contributed by atoms with Crippen LogP contribution in [0.3, 0.4) is 0 Å². The summed E-state index contributed by atoms with van der Waals surface area (Å²) in [6, 6.07) is 24.3. The number of rotatable bonds is 4. The van der Waals surface area contributed by atoms with Crippen LogP contribution >= 0.6 is 0 Å². The number of phenolic OH excluding ortho intramolecular Hbond substituents is 1. The molecule has 28 heavy (non-hydrogen) atoms. The van der Waals surface area contributed by atoms with Gasteiger partial charge in [0.2, 0.25) is 0 Å². The van der Waals surface area contributed by atoms with Gasteiger partial charge in [-0.15, -0.1) is 0 Å². The topological polar surface area (TPSA) is 41.5 Å². The lowest BCUT2D eigenvalue weighted by Crippen LogP contribution is -2.29. The van der Waals surface area contributed by atoms with Gasteiger partial charge in [-0.05, 0) is 47.7 Å². The molecule has 5 rings (SSSR count). The molecule has 3 aromatic carbocycles. The van der Waals surface area contributed by atoms with Gasteiger partial charge < -0.3 is 15.2 Å². The average molecular weight is 369 g/mol. The number of allylic oxidation sites excluding steroid dienone is 2. The molecule has 0 amide bonds. The Hall–Kier alpha value is -3.20. The van der Waals surface area contributed by atoms with Crippen LogP contribution in [0.1, 0.15) is 35.1 Å². The number of anilines is 1. The highest BCUT2D eigenvalue weighted by atomic mass is 16.5. The normalized spacial score (nSPS) is 22.2. The Morgan fingerprint density at radius 1 is 0.929 bits per heavy atom. The van der Waals surface area contributed by atoms with Crippen molar-refractivity contribution in [3.8, 4) is 11.5 Å². The van der Waals surface area contributed by atoms with E-state index >= 15 is 0 Å². The van der Waals surface area contributed by atoms with Crippen molar-refractivity contribution >= 4 is 5.69 Å². The molecular weight excluding hydrogens is 346 g/mol. The lowest BCUT2D eigenvalue weighted by atomic mass is 9.77. The summed E-state index contributed by atoms with van der Waals surface area (Å²) in [5.74, 6) is 1.98. The van der Waals surface area contributed by atoms with Gasteiger partial charge in [0.15, 0.2) is 0 Å². The quantitative estimate of drug-likeness (QED) is 0.571. The summed E-state index contributed by atoms with van der Waals surface area (Å²) in [5.41, 5.74) is 4.52. The molecule has 3 heteroatoms. The van der Waals surface area contributed by atoms with Gasteiger partial charge in [0.1, 0.15) is 18.1 Å². The van der Waals surface area contributed by atoms with Gasteiger partial charge in [-0.25, -0.2) is 0 Å². The fourth-order valence-corrected chi connectivity index (χ4v) is 4.46. The number of para-hydroxylation sites is 1. The minimum Gasteiger partial charge on any atom is -0.508 e. The summed E-state index contributed by atoms with van der Waals surface area (Å²) in [7, 11) is 0. The summed E-state index contributed by atoms with van der Waals surface area (Å²) >= 11 is 0. The van der Waals surface area contributed by atoms with Gasteiger partial charge in [-0.2, -0.15) is 0 Å². The molecule has 3 atom stereocenters. The van der Waals surface area contributed by atoms with E-state index in [2.05, 4.69) is 41.7 Å². The lowest BCUT2D eigenvalue weighted by molar-refractivity contribution is 0.305. The van der Waals surface area contributed by atoms with Crippen LogP contribution in [0.15, 0.2) is 84.9 Å². The fraction of sp³-hybridized carbons (Fsp3) is 0.200. The Bertz CT molecular complexity index is 1010. The third kappa shape index (κ3) is 3.03. The van der Waals surface area contributed by atoms with Crippen LogP contribution in [0.25, 0.3) is 0 Å². The molecule has 140 valence electrons. The molecule has 0 bridgehead atoms. The van der Waals surface area contributed by atoms with Crippen LogP contribution in [-0.4, -0.2) is 5.11 Å². The zero-order valence-corrected chi connectivity index (χ0v) is 15.6. The smallest absolute Gasteiger partial charge is 0.120 e. The monoisotopic (exact) mass is 369 g/mol. The Balaban J connectivity index is 1.43. The van der Waals surface area contributed by atoms with Crippen LogP contribution in [-0.2, 0) is 6.61 Å². The number of hydrogen-bond donors (Lipinski definition) is 2. The van der Waals surface area contributed by atoms with E-state index < -0.39 is 0 Å². The molecule has 0 fully saturated rings. The first-order valence-corrected chi connectivity index (χ1v) is 9.81. The molecule has 0 spiro atoms. The maximum absolute atomic E-state index is 10.4. The molecule has 1 heterocycles. The number of benzene rings is 3. The standard InChI is InChI=1S/C25H23NO2/c27-24-12-5-4-9-21(24)25-20-11-6-10-19(20)22-15-18(13-14-23(22)26-25)28-16-17-7-2-1-3-8-17/h1-10,12-15,19-20,25-27H,11,16H2. The van der Waals surface area contributed by atoms with E-state index in [-0.39, 0.29) is 6.04 Å². The summed E-state index contributed by atoms with van der Waals surface area (Å²) < 4.78 is 6.05. The zero-order valence-electron chi connectivity index (χ0n) is 15.6. The second kappa shape index (κ2) is 7.08. The third-order valence-corrected chi connectivity index (χ3v) is 5.85. The second-order valence-corrected chi connectivity index (χ2v) is 7.56. The van der Waals surface area contributed by atoms with E-state index in [0.29, 0.717) is 24.2 Å². The predicted molar refractivity (Wildman–Crippen MR) is 112 cm³/mol.